The molecule has 3 nitrogen and oxygen atoms in total. The van der Waals surface area contributed by atoms with Crippen LogP contribution in [0.15, 0.2) is 28.9 Å². The summed E-state index contributed by atoms with van der Waals surface area (Å²) in [4.78, 5) is 6.60. The second kappa shape index (κ2) is 5.83. The average molecular weight is 335 g/mol. The second-order valence-corrected chi connectivity index (χ2v) is 5.90. The number of halogens is 1. The van der Waals surface area contributed by atoms with Gasteiger partial charge in [0.15, 0.2) is 0 Å². The van der Waals surface area contributed by atoms with Crippen LogP contribution >= 0.6 is 15.9 Å². The van der Waals surface area contributed by atoms with Crippen molar-refractivity contribution < 1.29 is 4.74 Å². The molecule has 1 aromatic heterocycles. The molecule has 0 fully saturated rings. The van der Waals surface area contributed by atoms with Crippen LogP contribution in [0.25, 0.3) is 0 Å². The minimum absolute atomic E-state index is 0.870. The summed E-state index contributed by atoms with van der Waals surface area (Å²) in [6, 6.07) is 6.27. The molecule has 1 heterocycles. The predicted molar refractivity (Wildman–Crippen MR) is 87.2 cm³/mol. The zero-order valence-electron chi connectivity index (χ0n) is 12.5. The zero-order chi connectivity index (χ0) is 14.9. The van der Waals surface area contributed by atoms with Crippen molar-refractivity contribution in [3.8, 4) is 5.75 Å². The summed E-state index contributed by atoms with van der Waals surface area (Å²) in [6.07, 6.45) is 1.81. The van der Waals surface area contributed by atoms with Gasteiger partial charge < -0.3 is 9.64 Å². The lowest BCUT2D eigenvalue weighted by atomic mass is 10.1. The van der Waals surface area contributed by atoms with Gasteiger partial charge in [0.25, 0.3) is 0 Å². The highest BCUT2D eigenvalue weighted by Gasteiger charge is 2.16. The number of anilines is 2. The van der Waals surface area contributed by atoms with Crippen molar-refractivity contribution in [3.63, 3.8) is 0 Å². The van der Waals surface area contributed by atoms with Crippen LogP contribution in [0.2, 0.25) is 0 Å². The van der Waals surface area contributed by atoms with Crippen molar-refractivity contribution in [2.75, 3.05) is 19.1 Å². The fourth-order valence-electron chi connectivity index (χ4n) is 2.50. The van der Waals surface area contributed by atoms with Gasteiger partial charge in [-0.1, -0.05) is 6.07 Å². The van der Waals surface area contributed by atoms with Crippen molar-refractivity contribution in [1.29, 1.82) is 0 Å². The van der Waals surface area contributed by atoms with E-state index in [-0.39, 0.29) is 0 Å². The summed E-state index contributed by atoms with van der Waals surface area (Å²) < 4.78 is 6.52. The number of pyridine rings is 1. The summed E-state index contributed by atoms with van der Waals surface area (Å²) in [5.74, 6) is 1.80. The summed E-state index contributed by atoms with van der Waals surface area (Å²) >= 11 is 3.45. The molecular weight excluding hydrogens is 316 g/mol. The fourth-order valence-corrected chi connectivity index (χ4v) is 2.94. The van der Waals surface area contributed by atoms with Gasteiger partial charge in [0.2, 0.25) is 0 Å². The Kier molecular flexibility index (Phi) is 4.33. The van der Waals surface area contributed by atoms with Gasteiger partial charge in [-0.05, 0) is 65.5 Å². The fraction of sp³-hybridized carbons (Fsp3) is 0.312. The Morgan fingerprint density at radius 2 is 1.80 bits per heavy atom. The maximum atomic E-state index is 5.53. The van der Waals surface area contributed by atoms with E-state index in [4.69, 9.17) is 4.74 Å². The SMILES string of the molecule is COc1cc(C)cc(C)c1N(C)c1ncc(Br)cc1C. The molecule has 0 N–H and O–H groups in total. The molecule has 2 aromatic rings. The molecule has 4 heteroatoms. The Morgan fingerprint density at radius 1 is 1.10 bits per heavy atom. The van der Waals surface area contributed by atoms with Crippen LogP contribution in [-0.2, 0) is 0 Å². The molecule has 2 rings (SSSR count). The number of nitrogens with zero attached hydrogens (tertiary/aromatic N) is 2. The van der Waals surface area contributed by atoms with Crippen LogP contribution in [0, 0.1) is 20.8 Å². The third kappa shape index (κ3) is 2.80. The molecule has 0 unspecified atom stereocenters. The summed E-state index contributed by atoms with van der Waals surface area (Å²) in [5, 5.41) is 0. The first kappa shape index (κ1) is 14.9. The molecule has 0 amide bonds. The molecule has 106 valence electrons. The standard InChI is InChI=1S/C16H19BrN2O/c1-10-6-11(2)15(14(7-10)20-5)19(4)16-12(3)8-13(17)9-18-16/h6-9H,1-5H3. The number of ether oxygens (including phenoxy) is 1. The van der Waals surface area contributed by atoms with Crippen LogP contribution in [-0.4, -0.2) is 19.1 Å². The van der Waals surface area contributed by atoms with Crippen molar-refractivity contribution in [1.82, 2.24) is 4.98 Å². The van der Waals surface area contributed by atoms with Crippen LogP contribution in [0.1, 0.15) is 16.7 Å². The first-order valence-electron chi connectivity index (χ1n) is 6.45. The molecule has 0 saturated carbocycles. The van der Waals surface area contributed by atoms with Gasteiger partial charge in [0.05, 0.1) is 12.8 Å². The van der Waals surface area contributed by atoms with Gasteiger partial charge in [-0.15, -0.1) is 0 Å². The molecule has 0 atom stereocenters. The zero-order valence-corrected chi connectivity index (χ0v) is 14.1. The van der Waals surface area contributed by atoms with E-state index in [9.17, 15) is 0 Å². The minimum atomic E-state index is 0.870. The first-order valence-corrected chi connectivity index (χ1v) is 7.24. The number of benzene rings is 1. The Morgan fingerprint density at radius 3 is 2.40 bits per heavy atom. The maximum absolute atomic E-state index is 5.53. The molecular formula is C16H19BrN2O. The molecule has 20 heavy (non-hydrogen) atoms. The van der Waals surface area contributed by atoms with E-state index >= 15 is 0 Å². The third-order valence-electron chi connectivity index (χ3n) is 3.30. The van der Waals surface area contributed by atoms with Crippen molar-refractivity contribution in [2.45, 2.75) is 20.8 Å². The number of aryl methyl sites for hydroxylation is 3. The summed E-state index contributed by atoms with van der Waals surface area (Å²) in [7, 11) is 3.72. The highest BCUT2D eigenvalue weighted by Crippen LogP contribution is 2.37. The van der Waals surface area contributed by atoms with Gasteiger partial charge in [-0.3, -0.25) is 0 Å². The Balaban J connectivity index is 2.55. The van der Waals surface area contributed by atoms with Gasteiger partial charge in [0.1, 0.15) is 11.6 Å². The normalized spacial score (nSPS) is 10.5. The lowest BCUT2D eigenvalue weighted by Gasteiger charge is -2.25. The molecule has 0 aliphatic heterocycles. The number of hydrogen-bond donors (Lipinski definition) is 0. The Hall–Kier alpha value is -1.55. The van der Waals surface area contributed by atoms with Crippen molar-refractivity contribution >= 4 is 27.4 Å². The highest BCUT2D eigenvalue weighted by molar-refractivity contribution is 9.10. The van der Waals surface area contributed by atoms with Crippen LogP contribution in [0.4, 0.5) is 11.5 Å². The van der Waals surface area contributed by atoms with Crippen molar-refractivity contribution in [3.05, 3.63) is 45.6 Å². The van der Waals surface area contributed by atoms with E-state index in [1.165, 1.54) is 11.1 Å². The van der Waals surface area contributed by atoms with E-state index in [0.717, 1.165) is 27.3 Å². The second-order valence-electron chi connectivity index (χ2n) is 4.99. The van der Waals surface area contributed by atoms with E-state index in [1.807, 2.05) is 19.3 Å². The first-order chi connectivity index (χ1) is 9.43. The topological polar surface area (TPSA) is 25.4 Å². The largest absolute Gasteiger partial charge is 0.495 e. The molecule has 0 aliphatic carbocycles. The van der Waals surface area contributed by atoms with E-state index in [1.54, 1.807) is 7.11 Å². The number of methoxy groups -OCH3 is 1. The lowest BCUT2D eigenvalue weighted by Crippen LogP contribution is -2.15. The van der Waals surface area contributed by atoms with E-state index in [0.29, 0.717) is 0 Å². The molecule has 0 aliphatic rings. The van der Waals surface area contributed by atoms with Gasteiger partial charge in [0, 0.05) is 17.7 Å². The third-order valence-corrected chi connectivity index (χ3v) is 3.73. The monoisotopic (exact) mass is 334 g/mol. The van der Waals surface area contributed by atoms with Gasteiger partial charge in [-0.2, -0.15) is 0 Å². The van der Waals surface area contributed by atoms with Gasteiger partial charge >= 0.3 is 0 Å². The summed E-state index contributed by atoms with van der Waals surface area (Å²) in [5.41, 5.74) is 4.53. The quantitative estimate of drug-likeness (QED) is 0.823. The lowest BCUT2D eigenvalue weighted by molar-refractivity contribution is 0.415. The Bertz CT molecular complexity index is 641. The molecule has 0 spiro atoms. The molecule has 0 radical (unpaired) electrons. The predicted octanol–water partition coefficient (Wildman–Crippen LogP) is 4.55. The molecule has 0 saturated heterocycles. The van der Waals surface area contributed by atoms with E-state index in [2.05, 4.69) is 58.7 Å². The van der Waals surface area contributed by atoms with Crippen LogP contribution in [0.3, 0.4) is 0 Å². The number of aromatic nitrogens is 1. The minimum Gasteiger partial charge on any atom is -0.495 e. The number of hydrogen-bond acceptors (Lipinski definition) is 3. The maximum Gasteiger partial charge on any atom is 0.143 e. The highest BCUT2D eigenvalue weighted by atomic mass is 79.9. The van der Waals surface area contributed by atoms with Crippen LogP contribution < -0.4 is 9.64 Å². The van der Waals surface area contributed by atoms with Crippen molar-refractivity contribution in [2.24, 2.45) is 0 Å². The average Bonchev–Trinajstić information content (AvgIpc) is 2.37. The molecule has 1 aromatic carbocycles. The number of rotatable bonds is 3. The Labute approximate surface area is 128 Å². The summed E-state index contributed by atoms with van der Waals surface area (Å²) in [6.45, 7) is 6.22. The molecule has 0 bridgehead atoms. The van der Waals surface area contributed by atoms with E-state index < -0.39 is 0 Å². The smallest absolute Gasteiger partial charge is 0.143 e. The van der Waals surface area contributed by atoms with Crippen LogP contribution in [0.5, 0.6) is 5.75 Å². The van der Waals surface area contributed by atoms with Gasteiger partial charge in [-0.25, -0.2) is 4.98 Å².